The van der Waals surface area contributed by atoms with E-state index in [2.05, 4.69) is 30.5 Å². The molecule has 0 radical (unpaired) electrons. The number of nitrogens with one attached hydrogen (secondary N) is 1. The molecule has 0 bridgehead atoms. The van der Waals surface area contributed by atoms with Gasteiger partial charge in [0, 0.05) is 31.8 Å². The van der Waals surface area contributed by atoms with Gasteiger partial charge in [0.2, 0.25) is 0 Å². The fourth-order valence-corrected chi connectivity index (χ4v) is 2.61. The largest absolute Gasteiger partial charge is 0.381 e. The first-order valence-electron chi connectivity index (χ1n) is 6.86. The Bertz CT molecular complexity index is 367. The third-order valence-electron chi connectivity index (χ3n) is 3.58. The highest BCUT2D eigenvalue weighted by Crippen LogP contribution is 2.32. The number of hydrogen-bond donors (Lipinski definition) is 1. The van der Waals surface area contributed by atoms with Crippen LogP contribution in [0.3, 0.4) is 0 Å². The van der Waals surface area contributed by atoms with Gasteiger partial charge in [-0.3, -0.25) is 4.68 Å². The van der Waals surface area contributed by atoms with Crippen LogP contribution in [0.2, 0.25) is 0 Å². The lowest BCUT2D eigenvalue weighted by Crippen LogP contribution is -2.38. The zero-order valence-corrected chi connectivity index (χ0v) is 11.8. The lowest BCUT2D eigenvalue weighted by atomic mass is 9.81. The first-order chi connectivity index (χ1) is 8.60. The molecule has 0 aromatic carbocycles. The number of aryl methyl sites for hydroxylation is 1. The van der Waals surface area contributed by atoms with Gasteiger partial charge in [0.1, 0.15) is 0 Å². The van der Waals surface area contributed by atoms with Crippen LogP contribution in [0.4, 0.5) is 0 Å². The summed E-state index contributed by atoms with van der Waals surface area (Å²) in [5, 5.41) is 7.84. The third-order valence-corrected chi connectivity index (χ3v) is 3.58. The van der Waals surface area contributed by atoms with Crippen molar-refractivity contribution >= 4 is 0 Å². The Morgan fingerprint density at radius 3 is 2.94 bits per heavy atom. The van der Waals surface area contributed by atoms with Crippen molar-refractivity contribution < 1.29 is 4.74 Å². The monoisotopic (exact) mass is 251 g/mol. The molecule has 4 heteroatoms. The standard InChI is InChI=1S/C14H25N3O/c1-12(2)7-15-10-14(4-5-18-11-14)6-13-8-16-17(3)9-13/h8-9,12,15H,4-7,10-11H2,1-3H3. The van der Waals surface area contributed by atoms with E-state index < -0.39 is 0 Å². The molecule has 1 fully saturated rings. The Morgan fingerprint density at radius 1 is 1.56 bits per heavy atom. The fourth-order valence-electron chi connectivity index (χ4n) is 2.61. The molecule has 1 N–H and O–H groups in total. The molecule has 18 heavy (non-hydrogen) atoms. The van der Waals surface area contributed by atoms with Gasteiger partial charge in [0.25, 0.3) is 0 Å². The Morgan fingerprint density at radius 2 is 2.39 bits per heavy atom. The van der Waals surface area contributed by atoms with Crippen molar-refractivity contribution in [2.24, 2.45) is 18.4 Å². The van der Waals surface area contributed by atoms with Crippen molar-refractivity contribution in [2.75, 3.05) is 26.3 Å². The average molecular weight is 251 g/mol. The second-order valence-corrected chi connectivity index (χ2v) is 6.03. The van der Waals surface area contributed by atoms with Crippen molar-refractivity contribution in [3.05, 3.63) is 18.0 Å². The van der Waals surface area contributed by atoms with E-state index >= 15 is 0 Å². The van der Waals surface area contributed by atoms with Gasteiger partial charge in [0.05, 0.1) is 12.8 Å². The van der Waals surface area contributed by atoms with E-state index in [1.54, 1.807) is 0 Å². The van der Waals surface area contributed by atoms with E-state index in [9.17, 15) is 0 Å². The van der Waals surface area contributed by atoms with E-state index in [0.29, 0.717) is 5.92 Å². The lowest BCUT2D eigenvalue weighted by molar-refractivity contribution is 0.148. The highest BCUT2D eigenvalue weighted by Gasteiger charge is 2.35. The molecule has 2 heterocycles. The van der Waals surface area contributed by atoms with Crippen LogP contribution in [-0.4, -0.2) is 36.1 Å². The highest BCUT2D eigenvalue weighted by atomic mass is 16.5. The van der Waals surface area contributed by atoms with Crippen LogP contribution in [0.25, 0.3) is 0 Å². The van der Waals surface area contributed by atoms with Gasteiger partial charge >= 0.3 is 0 Å². The first kappa shape index (κ1) is 13.6. The molecule has 102 valence electrons. The number of aromatic nitrogens is 2. The third kappa shape index (κ3) is 3.56. The van der Waals surface area contributed by atoms with E-state index in [1.807, 2.05) is 17.9 Å². The summed E-state index contributed by atoms with van der Waals surface area (Å²) in [6, 6.07) is 0. The van der Waals surface area contributed by atoms with Gasteiger partial charge in [-0.15, -0.1) is 0 Å². The average Bonchev–Trinajstić information content (AvgIpc) is 2.89. The predicted octanol–water partition coefficient (Wildman–Crippen LogP) is 1.61. The topological polar surface area (TPSA) is 39.1 Å². The van der Waals surface area contributed by atoms with Crippen molar-refractivity contribution in [3.63, 3.8) is 0 Å². The molecular weight excluding hydrogens is 226 g/mol. The van der Waals surface area contributed by atoms with Crippen LogP contribution in [0.5, 0.6) is 0 Å². The molecule has 0 aliphatic carbocycles. The van der Waals surface area contributed by atoms with Crippen LogP contribution in [0, 0.1) is 11.3 Å². The summed E-state index contributed by atoms with van der Waals surface area (Å²) < 4.78 is 7.51. The van der Waals surface area contributed by atoms with Crippen molar-refractivity contribution in [1.82, 2.24) is 15.1 Å². The Balaban J connectivity index is 1.93. The van der Waals surface area contributed by atoms with Crippen molar-refractivity contribution in [1.29, 1.82) is 0 Å². The summed E-state index contributed by atoms with van der Waals surface area (Å²) in [6.07, 6.45) is 6.30. The van der Waals surface area contributed by atoms with E-state index in [1.165, 1.54) is 5.56 Å². The van der Waals surface area contributed by atoms with E-state index in [0.717, 1.165) is 39.1 Å². The molecular formula is C14H25N3O. The maximum atomic E-state index is 5.63. The van der Waals surface area contributed by atoms with Crippen molar-refractivity contribution in [2.45, 2.75) is 26.7 Å². The summed E-state index contributed by atoms with van der Waals surface area (Å²) in [6.45, 7) is 8.36. The minimum Gasteiger partial charge on any atom is -0.381 e. The zero-order chi connectivity index (χ0) is 13.0. The summed E-state index contributed by atoms with van der Waals surface area (Å²) in [4.78, 5) is 0. The number of hydrogen-bond acceptors (Lipinski definition) is 3. The minimum absolute atomic E-state index is 0.262. The maximum Gasteiger partial charge on any atom is 0.0538 e. The summed E-state index contributed by atoms with van der Waals surface area (Å²) in [5.41, 5.74) is 1.58. The predicted molar refractivity (Wildman–Crippen MR) is 72.5 cm³/mol. The summed E-state index contributed by atoms with van der Waals surface area (Å²) in [7, 11) is 1.97. The molecule has 0 spiro atoms. The van der Waals surface area contributed by atoms with Crippen LogP contribution in [0.15, 0.2) is 12.4 Å². The molecule has 1 unspecified atom stereocenters. The van der Waals surface area contributed by atoms with Gasteiger partial charge < -0.3 is 10.1 Å². The Hall–Kier alpha value is -0.870. The molecule has 1 aliphatic heterocycles. The minimum atomic E-state index is 0.262. The van der Waals surface area contributed by atoms with Crippen LogP contribution in [-0.2, 0) is 18.2 Å². The molecule has 0 saturated carbocycles. The van der Waals surface area contributed by atoms with E-state index in [-0.39, 0.29) is 5.41 Å². The quantitative estimate of drug-likeness (QED) is 0.835. The lowest BCUT2D eigenvalue weighted by Gasteiger charge is -2.27. The molecule has 1 aromatic heterocycles. The second-order valence-electron chi connectivity index (χ2n) is 6.03. The number of ether oxygens (including phenoxy) is 1. The van der Waals surface area contributed by atoms with Gasteiger partial charge in [-0.2, -0.15) is 5.10 Å². The van der Waals surface area contributed by atoms with Crippen LogP contribution in [0.1, 0.15) is 25.8 Å². The Kier molecular flexibility index (Phi) is 4.40. The molecule has 4 nitrogen and oxygen atoms in total. The smallest absolute Gasteiger partial charge is 0.0538 e. The summed E-state index contributed by atoms with van der Waals surface area (Å²) in [5.74, 6) is 0.697. The van der Waals surface area contributed by atoms with Gasteiger partial charge in [-0.25, -0.2) is 0 Å². The number of nitrogens with zero attached hydrogens (tertiary/aromatic N) is 2. The molecule has 1 aromatic rings. The van der Waals surface area contributed by atoms with Crippen molar-refractivity contribution in [3.8, 4) is 0 Å². The van der Waals surface area contributed by atoms with E-state index in [4.69, 9.17) is 4.74 Å². The second kappa shape index (κ2) is 5.85. The molecule has 0 amide bonds. The molecule has 1 saturated heterocycles. The zero-order valence-electron chi connectivity index (χ0n) is 11.8. The highest BCUT2D eigenvalue weighted by molar-refractivity contribution is 5.09. The number of rotatable bonds is 6. The molecule has 2 rings (SSSR count). The first-order valence-corrected chi connectivity index (χ1v) is 6.86. The maximum absolute atomic E-state index is 5.63. The fraction of sp³-hybridized carbons (Fsp3) is 0.786. The molecule has 1 atom stereocenters. The normalized spacial score (nSPS) is 24.0. The van der Waals surface area contributed by atoms with Gasteiger partial charge in [0.15, 0.2) is 0 Å². The van der Waals surface area contributed by atoms with Gasteiger partial charge in [-0.05, 0) is 30.9 Å². The van der Waals surface area contributed by atoms with Crippen LogP contribution >= 0.6 is 0 Å². The summed E-state index contributed by atoms with van der Waals surface area (Å²) >= 11 is 0. The van der Waals surface area contributed by atoms with Gasteiger partial charge in [-0.1, -0.05) is 13.8 Å². The van der Waals surface area contributed by atoms with Crippen LogP contribution < -0.4 is 5.32 Å². The molecule has 1 aliphatic rings. The Labute approximate surface area is 110 Å². The SMILES string of the molecule is CC(C)CNCC1(Cc2cnn(C)c2)CCOC1.